The van der Waals surface area contributed by atoms with Gasteiger partial charge in [0.2, 0.25) is 0 Å². The van der Waals surface area contributed by atoms with Crippen LogP contribution in [0.1, 0.15) is 5.56 Å². The topological polar surface area (TPSA) is 75.8 Å². The number of rotatable bonds is 3. The van der Waals surface area contributed by atoms with Gasteiger partial charge in [-0.05, 0) is 42.8 Å². The highest BCUT2D eigenvalue weighted by molar-refractivity contribution is 5.90. The van der Waals surface area contributed by atoms with Crippen molar-refractivity contribution in [1.29, 1.82) is 0 Å². The van der Waals surface area contributed by atoms with Crippen molar-refractivity contribution in [2.45, 2.75) is 6.92 Å². The van der Waals surface area contributed by atoms with Crippen LogP contribution in [0.25, 0.3) is 0 Å². The lowest BCUT2D eigenvalue weighted by Crippen LogP contribution is -2.24. The number of halogens is 1. The third-order valence-electron chi connectivity index (χ3n) is 3.01. The van der Waals surface area contributed by atoms with Crippen molar-refractivity contribution in [2.75, 3.05) is 17.7 Å². The Morgan fingerprint density at radius 3 is 2.62 bits per heavy atom. The Balaban J connectivity index is 2.33. The lowest BCUT2D eigenvalue weighted by Gasteiger charge is -2.17. The summed E-state index contributed by atoms with van der Waals surface area (Å²) in [5, 5.41) is 9.00. The molecule has 21 heavy (non-hydrogen) atoms. The number of hydrogen-bond donors (Lipinski definition) is 2. The van der Waals surface area contributed by atoms with Gasteiger partial charge < -0.3 is 15.6 Å². The second-order valence-corrected chi connectivity index (χ2v) is 4.57. The third kappa shape index (κ3) is 3.22. The van der Waals surface area contributed by atoms with Crippen LogP contribution < -0.4 is 15.4 Å². The predicted octanol–water partition coefficient (Wildman–Crippen LogP) is 3.62. The van der Waals surface area contributed by atoms with E-state index in [1.165, 1.54) is 31.3 Å². The highest BCUT2D eigenvalue weighted by atomic mass is 19.1. The number of ether oxygens (including phenoxy) is 1. The summed E-state index contributed by atoms with van der Waals surface area (Å²) in [6.07, 6.45) is -1.13. The minimum absolute atomic E-state index is 0.319. The number of aryl methyl sites for hydroxylation is 1. The maximum atomic E-state index is 13.1. The van der Waals surface area contributed by atoms with Crippen LogP contribution in [0.4, 0.5) is 20.6 Å². The van der Waals surface area contributed by atoms with Gasteiger partial charge in [0.15, 0.2) is 0 Å². The smallest absolute Gasteiger partial charge is 0.411 e. The molecule has 2 rings (SSSR count). The summed E-state index contributed by atoms with van der Waals surface area (Å²) in [5.74, 6) is 0.565. The number of carbonyl (C=O) groups is 1. The van der Waals surface area contributed by atoms with Gasteiger partial charge in [-0.1, -0.05) is 0 Å². The van der Waals surface area contributed by atoms with Gasteiger partial charge in [-0.15, -0.1) is 0 Å². The van der Waals surface area contributed by atoms with Crippen LogP contribution in [0.15, 0.2) is 36.4 Å². The standard InChI is InChI=1S/C15H15FN2O3/c1-9-7-10(16)3-6-14(9)21-11-4-5-12(17)13(8-11)18(2)15(19)20/h3-8H,17H2,1-2H3,(H,19,20). The molecule has 3 N–H and O–H groups in total. The number of nitrogen functional groups attached to an aromatic ring is 1. The molecule has 0 atom stereocenters. The van der Waals surface area contributed by atoms with E-state index in [1.807, 2.05) is 0 Å². The Morgan fingerprint density at radius 2 is 2.00 bits per heavy atom. The fraction of sp³-hybridized carbons (Fsp3) is 0.133. The summed E-state index contributed by atoms with van der Waals surface area (Å²) >= 11 is 0. The Kier molecular flexibility index (Phi) is 3.98. The van der Waals surface area contributed by atoms with E-state index >= 15 is 0 Å². The van der Waals surface area contributed by atoms with E-state index in [4.69, 9.17) is 15.6 Å². The fourth-order valence-corrected chi connectivity index (χ4v) is 1.83. The molecule has 0 saturated heterocycles. The number of nitrogens with two attached hydrogens (primary N) is 1. The first-order valence-corrected chi connectivity index (χ1v) is 6.18. The molecule has 6 heteroatoms. The summed E-state index contributed by atoms with van der Waals surface area (Å²) in [7, 11) is 1.39. The van der Waals surface area contributed by atoms with Crippen molar-refractivity contribution in [1.82, 2.24) is 0 Å². The van der Waals surface area contributed by atoms with Crippen LogP contribution >= 0.6 is 0 Å². The van der Waals surface area contributed by atoms with Crippen LogP contribution in [0.2, 0.25) is 0 Å². The first-order valence-electron chi connectivity index (χ1n) is 6.18. The van der Waals surface area contributed by atoms with E-state index in [0.717, 1.165) is 4.90 Å². The van der Waals surface area contributed by atoms with Crippen LogP contribution in [-0.4, -0.2) is 18.2 Å². The lowest BCUT2D eigenvalue weighted by molar-refractivity contribution is 0.203. The first kappa shape index (κ1) is 14.6. The molecular weight excluding hydrogens is 275 g/mol. The zero-order valence-electron chi connectivity index (χ0n) is 11.6. The van der Waals surface area contributed by atoms with E-state index in [9.17, 15) is 9.18 Å². The number of benzene rings is 2. The van der Waals surface area contributed by atoms with Crippen LogP contribution in [0.5, 0.6) is 11.5 Å². The van der Waals surface area contributed by atoms with Gasteiger partial charge in [-0.25, -0.2) is 9.18 Å². The molecule has 0 aromatic heterocycles. The molecule has 0 saturated carbocycles. The molecule has 0 aliphatic carbocycles. The van der Waals surface area contributed by atoms with Gasteiger partial charge in [-0.3, -0.25) is 4.90 Å². The van der Waals surface area contributed by atoms with E-state index in [-0.39, 0.29) is 5.82 Å². The normalized spacial score (nSPS) is 10.2. The number of carboxylic acid groups (broad SMARTS) is 1. The maximum Gasteiger partial charge on any atom is 0.411 e. The molecule has 2 aromatic rings. The van der Waals surface area contributed by atoms with Crippen molar-refractivity contribution >= 4 is 17.5 Å². The highest BCUT2D eigenvalue weighted by Crippen LogP contribution is 2.31. The molecule has 0 spiro atoms. The molecule has 0 bridgehead atoms. The average Bonchev–Trinajstić information content (AvgIpc) is 2.43. The van der Waals surface area contributed by atoms with Crippen LogP contribution in [0.3, 0.4) is 0 Å². The molecule has 5 nitrogen and oxygen atoms in total. The second kappa shape index (κ2) is 5.70. The van der Waals surface area contributed by atoms with Crippen LogP contribution in [0, 0.1) is 12.7 Å². The zero-order valence-corrected chi connectivity index (χ0v) is 11.6. The predicted molar refractivity (Wildman–Crippen MR) is 78.5 cm³/mol. The Hall–Kier alpha value is -2.76. The zero-order chi connectivity index (χ0) is 15.6. The molecule has 2 aromatic carbocycles. The van der Waals surface area contributed by atoms with E-state index in [2.05, 4.69) is 0 Å². The monoisotopic (exact) mass is 290 g/mol. The SMILES string of the molecule is Cc1cc(F)ccc1Oc1ccc(N)c(N(C)C(=O)O)c1. The minimum atomic E-state index is -1.13. The van der Waals surface area contributed by atoms with Gasteiger partial charge in [-0.2, -0.15) is 0 Å². The fourth-order valence-electron chi connectivity index (χ4n) is 1.83. The first-order chi connectivity index (χ1) is 9.88. The van der Waals surface area contributed by atoms with Gasteiger partial charge in [0, 0.05) is 13.1 Å². The van der Waals surface area contributed by atoms with Crippen molar-refractivity contribution in [3.63, 3.8) is 0 Å². The Labute approximate surface area is 121 Å². The van der Waals surface area contributed by atoms with Crippen molar-refractivity contribution < 1.29 is 19.0 Å². The molecule has 0 heterocycles. The molecule has 0 aliphatic rings. The van der Waals surface area contributed by atoms with Gasteiger partial charge in [0.05, 0.1) is 11.4 Å². The third-order valence-corrected chi connectivity index (χ3v) is 3.01. The molecule has 0 fully saturated rings. The van der Waals surface area contributed by atoms with E-state index < -0.39 is 6.09 Å². The van der Waals surface area contributed by atoms with E-state index in [1.54, 1.807) is 19.1 Å². The largest absolute Gasteiger partial charge is 0.465 e. The molecule has 0 aliphatic heterocycles. The summed E-state index contributed by atoms with van der Waals surface area (Å²) in [6, 6.07) is 8.87. The van der Waals surface area contributed by atoms with Crippen molar-refractivity contribution in [3.8, 4) is 11.5 Å². The number of amides is 1. The Bertz CT molecular complexity index is 689. The highest BCUT2D eigenvalue weighted by Gasteiger charge is 2.13. The number of anilines is 2. The molecule has 1 amide bonds. The summed E-state index contributed by atoms with van der Waals surface area (Å²) < 4.78 is 18.7. The molecule has 0 radical (unpaired) electrons. The van der Waals surface area contributed by atoms with Gasteiger partial charge >= 0.3 is 6.09 Å². The minimum Gasteiger partial charge on any atom is -0.465 e. The quantitative estimate of drug-likeness (QED) is 0.846. The summed E-state index contributed by atoms with van der Waals surface area (Å²) in [5.41, 5.74) is 7.04. The van der Waals surface area contributed by atoms with Crippen LogP contribution in [-0.2, 0) is 0 Å². The van der Waals surface area contributed by atoms with E-state index in [0.29, 0.717) is 28.4 Å². The summed E-state index contributed by atoms with van der Waals surface area (Å²) in [6.45, 7) is 1.72. The Morgan fingerprint density at radius 1 is 1.29 bits per heavy atom. The van der Waals surface area contributed by atoms with Gasteiger partial charge in [0.1, 0.15) is 17.3 Å². The molecule has 110 valence electrons. The van der Waals surface area contributed by atoms with Crippen molar-refractivity contribution in [3.05, 3.63) is 47.8 Å². The number of hydrogen-bond acceptors (Lipinski definition) is 3. The molecule has 0 unspecified atom stereocenters. The lowest BCUT2D eigenvalue weighted by atomic mass is 10.2. The molecular formula is C15H15FN2O3. The maximum absolute atomic E-state index is 13.1. The van der Waals surface area contributed by atoms with Crippen molar-refractivity contribution in [2.24, 2.45) is 0 Å². The summed E-state index contributed by atoms with van der Waals surface area (Å²) in [4.78, 5) is 12.0. The average molecular weight is 290 g/mol. The second-order valence-electron chi connectivity index (χ2n) is 4.57. The number of nitrogens with zero attached hydrogens (tertiary/aromatic N) is 1. The van der Waals surface area contributed by atoms with Gasteiger partial charge in [0.25, 0.3) is 0 Å².